The highest BCUT2D eigenvalue weighted by atomic mass is 32.1. The van der Waals surface area contributed by atoms with E-state index >= 15 is 0 Å². The van der Waals surface area contributed by atoms with Gasteiger partial charge in [-0.1, -0.05) is 60.7 Å². The maximum Gasteiger partial charge on any atom is 0.345 e. The van der Waals surface area contributed by atoms with Crippen molar-refractivity contribution in [1.29, 1.82) is 0 Å². The molecule has 0 aliphatic rings. The molecule has 0 saturated heterocycles. The Kier molecular flexibility index (Phi) is 4.53. The monoisotopic (exact) mass is 528 g/mol. The minimum atomic E-state index is -0.357. The van der Waals surface area contributed by atoms with Crippen LogP contribution in [0.1, 0.15) is 0 Å². The normalized spacial score (nSPS) is 11.9. The highest BCUT2D eigenvalue weighted by Crippen LogP contribution is 2.42. The summed E-state index contributed by atoms with van der Waals surface area (Å²) in [4.78, 5) is 27.5. The van der Waals surface area contributed by atoms with Gasteiger partial charge < -0.3 is 8.83 Å². The minimum absolute atomic E-state index is 0.357. The Balaban J connectivity index is 1.27. The number of hydrogen-bond acceptors (Lipinski definition) is 6. The van der Waals surface area contributed by atoms with Gasteiger partial charge in [0.1, 0.15) is 11.2 Å². The van der Waals surface area contributed by atoms with E-state index in [1.807, 2.05) is 97.1 Å². The number of fused-ring (bicyclic) bond motifs is 7. The molecule has 8 aromatic rings. The fraction of sp³-hybridized carbons (Fsp3) is 0. The lowest BCUT2D eigenvalue weighted by molar-refractivity contribution is 0.564. The van der Waals surface area contributed by atoms with Crippen LogP contribution >= 0.6 is 22.7 Å². The van der Waals surface area contributed by atoms with E-state index in [-0.39, 0.29) is 11.3 Å². The van der Waals surface area contributed by atoms with Crippen LogP contribution in [0.2, 0.25) is 0 Å². The molecule has 8 rings (SSSR count). The lowest BCUT2D eigenvalue weighted by atomic mass is 10.0. The molecule has 0 aliphatic carbocycles. The molecule has 0 amide bonds. The van der Waals surface area contributed by atoms with Crippen LogP contribution in [-0.2, 0) is 0 Å². The SMILES string of the molecule is O=c1oc2ccc3ccccc3c2cc1-c1cc2sc(-c3cc4c(ccc5ccccc54)oc3=O)cc2s1. The molecule has 4 nitrogen and oxygen atoms in total. The van der Waals surface area contributed by atoms with E-state index in [0.29, 0.717) is 22.3 Å². The molecule has 0 saturated carbocycles. The van der Waals surface area contributed by atoms with Crippen molar-refractivity contribution < 1.29 is 8.83 Å². The Bertz CT molecular complexity index is 2160. The summed E-state index contributed by atoms with van der Waals surface area (Å²) in [6.07, 6.45) is 0. The Hall–Kier alpha value is -4.52. The van der Waals surface area contributed by atoms with Crippen LogP contribution in [0.4, 0.5) is 0 Å². The van der Waals surface area contributed by atoms with E-state index in [1.165, 1.54) is 22.7 Å². The summed E-state index contributed by atoms with van der Waals surface area (Å²) in [6, 6.07) is 31.7. The third-order valence-electron chi connectivity index (χ3n) is 7.02. The Morgan fingerprint density at radius 2 is 0.921 bits per heavy atom. The summed E-state index contributed by atoms with van der Waals surface area (Å²) in [6.45, 7) is 0. The summed E-state index contributed by atoms with van der Waals surface area (Å²) in [5.74, 6) is 0. The van der Waals surface area contributed by atoms with E-state index in [2.05, 4.69) is 0 Å². The molecule has 4 aromatic carbocycles. The second-order valence-corrected chi connectivity index (χ2v) is 11.4. The highest BCUT2D eigenvalue weighted by Gasteiger charge is 2.17. The van der Waals surface area contributed by atoms with E-state index in [9.17, 15) is 9.59 Å². The first kappa shape index (κ1) is 21.6. The van der Waals surface area contributed by atoms with Crippen LogP contribution in [0, 0.1) is 0 Å². The van der Waals surface area contributed by atoms with Crippen molar-refractivity contribution >= 4 is 75.6 Å². The third kappa shape index (κ3) is 3.21. The standard InChI is InChI=1S/C32H16O4S2/c33-31-23(13-21-19-7-3-1-5-17(19)9-11-25(21)35-31)27-15-29-30(37-27)16-28(38-29)24-14-22-20-8-4-2-6-18(20)10-12-26(22)36-32(24)34/h1-16H. The zero-order valence-corrected chi connectivity index (χ0v) is 21.3. The summed E-state index contributed by atoms with van der Waals surface area (Å²) in [5.41, 5.74) is 1.52. The van der Waals surface area contributed by atoms with Gasteiger partial charge in [-0.2, -0.15) is 0 Å². The minimum Gasteiger partial charge on any atom is -0.422 e. The van der Waals surface area contributed by atoms with Gasteiger partial charge >= 0.3 is 11.3 Å². The molecule has 180 valence electrons. The Morgan fingerprint density at radius 3 is 1.39 bits per heavy atom. The number of benzene rings is 4. The quantitative estimate of drug-likeness (QED) is 0.166. The van der Waals surface area contributed by atoms with Crippen molar-refractivity contribution in [2.45, 2.75) is 0 Å². The molecule has 4 aromatic heterocycles. The molecule has 6 heteroatoms. The molecule has 0 bridgehead atoms. The lowest BCUT2D eigenvalue weighted by Gasteiger charge is -2.05. The maximum atomic E-state index is 12.9. The predicted molar refractivity (Wildman–Crippen MR) is 158 cm³/mol. The zero-order chi connectivity index (χ0) is 25.4. The molecule has 0 atom stereocenters. The van der Waals surface area contributed by atoms with Crippen molar-refractivity contribution in [2.75, 3.05) is 0 Å². The molecular formula is C32H16O4S2. The topological polar surface area (TPSA) is 60.4 Å². The second-order valence-electron chi connectivity index (χ2n) is 9.24. The number of rotatable bonds is 2. The fourth-order valence-corrected chi connectivity index (χ4v) is 7.59. The zero-order valence-electron chi connectivity index (χ0n) is 19.7. The van der Waals surface area contributed by atoms with Crippen LogP contribution in [-0.4, -0.2) is 0 Å². The molecule has 0 fully saturated rings. The van der Waals surface area contributed by atoms with Gasteiger partial charge in [-0.15, -0.1) is 22.7 Å². The van der Waals surface area contributed by atoms with Crippen LogP contribution in [0.25, 0.3) is 73.8 Å². The fourth-order valence-electron chi connectivity index (χ4n) is 5.19. The first-order chi connectivity index (χ1) is 18.6. The summed E-state index contributed by atoms with van der Waals surface area (Å²) < 4.78 is 13.4. The van der Waals surface area contributed by atoms with E-state index in [4.69, 9.17) is 8.83 Å². The van der Waals surface area contributed by atoms with Gasteiger partial charge in [-0.25, -0.2) is 9.59 Å². The average molecular weight is 529 g/mol. The van der Waals surface area contributed by atoms with Gasteiger partial charge in [0.05, 0.1) is 11.1 Å². The number of thiophene rings is 2. The lowest BCUT2D eigenvalue weighted by Crippen LogP contribution is -2.01. The molecule has 0 N–H and O–H groups in total. The largest absolute Gasteiger partial charge is 0.422 e. The van der Waals surface area contributed by atoms with Gasteiger partial charge in [0.25, 0.3) is 0 Å². The van der Waals surface area contributed by atoms with E-state index in [1.54, 1.807) is 0 Å². The average Bonchev–Trinajstić information content (AvgIpc) is 3.51. The van der Waals surface area contributed by atoms with Gasteiger partial charge in [-0.3, -0.25) is 0 Å². The van der Waals surface area contributed by atoms with Gasteiger partial charge in [0.15, 0.2) is 0 Å². The van der Waals surface area contributed by atoms with Gasteiger partial charge in [-0.05, 0) is 57.9 Å². The predicted octanol–water partition coefficient (Wildman–Crippen LogP) is 8.82. The third-order valence-corrected chi connectivity index (χ3v) is 9.38. The molecule has 4 heterocycles. The van der Waals surface area contributed by atoms with Crippen molar-refractivity contribution in [3.63, 3.8) is 0 Å². The first-order valence-corrected chi connectivity index (χ1v) is 13.7. The van der Waals surface area contributed by atoms with Crippen LogP contribution in [0.3, 0.4) is 0 Å². The summed E-state index contributed by atoms with van der Waals surface area (Å²) >= 11 is 3.05. The second kappa shape index (κ2) is 7.99. The van der Waals surface area contributed by atoms with Gasteiger partial charge in [0.2, 0.25) is 0 Å². The molecule has 0 radical (unpaired) electrons. The molecule has 0 spiro atoms. The van der Waals surface area contributed by atoms with Gasteiger partial charge in [0, 0.05) is 29.9 Å². The first-order valence-electron chi connectivity index (χ1n) is 12.1. The number of hydrogen-bond donors (Lipinski definition) is 0. The van der Waals surface area contributed by atoms with Crippen molar-refractivity contribution in [1.82, 2.24) is 0 Å². The van der Waals surface area contributed by atoms with Crippen molar-refractivity contribution in [2.24, 2.45) is 0 Å². The highest BCUT2D eigenvalue weighted by molar-refractivity contribution is 7.31. The summed E-state index contributed by atoms with van der Waals surface area (Å²) in [5, 5.41) is 6.11. The molecular weight excluding hydrogens is 512 g/mol. The maximum absolute atomic E-state index is 12.9. The summed E-state index contributed by atoms with van der Waals surface area (Å²) in [7, 11) is 0. The van der Waals surface area contributed by atoms with E-state index in [0.717, 1.165) is 51.5 Å². The van der Waals surface area contributed by atoms with Crippen LogP contribution in [0.5, 0.6) is 0 Å². The van der Waals surface area contributed by atoms with Crippen LogP contribution in [0.15, 0.2) is 115 Å². The van der Waals surface area contributed by atoms with Crippen LogP contribution < -0.4 is 11.3 Å². The Morgan fingerprint density at radius 1 is 0.474 bits per heavy atom. The van der Waals surface area contributed by atoms with E-state index < -0.39 is 0 Å². The van der Waals surface area contributed by atoms with Crippen molar-refractivity contribution in [3.8, 4) is 20.9 Å². The molecule has 38 heavy (non-hydrogen) atoms. The molecule has 0 aliphatic heterocycles. The Labute approximate surface area is 222 Å². The van der Waals surface area contributed by atoms with Crippen molar-refractivity contribution in [3.05, 3.63) is 118 Å². The smallest absolute Gasteiger partial charge is 0.345 e. The molecule has 0 unspecified atom stereocenters.